The second-order valence-corrected chi connectivity index (χ2v) is 10.2. The predicted octanol–water partition coefficient (Wildman–Crippen LogP) is 3.37. The summed E-state index contributed by atoms with van der Waals surface area (Å²) in [5, 5.41) is 8.14. The van der Waals surface area contributed by atoms with Gasteiger partial charge in [0.05, 0.1) is 0 Å². The van der Waals surface area contributed by atoms with Gasteiger partial charge < -0.3 is 9.40 Å². The van der Waals surface area contributed by atoms with Crippen molar-refractivity contribution in [2.24, 2.45) is 0 Å². The number of nitrogens with one attached hydrogen (secondary N) is 1. The van der Waals surface area contributed by atoms with Crippen LogP contribution in [0.4, 0.5) is 0 Å². The summed E-state index contributed by atoms with van der Waals surface area (Å²) < 4.78 is 33.7. The van der Waals surface area contributed by atoms with Gasteiger partial charge in [-0.2, -0.15) is 4.31 Å². The first-order chi connectivity index (χ1) is 15.1. The number of H-pyrrole nitrogens is 1. The van der Waals surface area contributed by atoms with E-state index < -0.39 is 10.0 Å². The minimum Gasteiger partial charge on any atom is -0.415 e. The third-order valence-corrected chi connectivity index (χ3v) is 8.21. The van der Waals surface area contributed by atoms with E-state index >= 15 is 0 Å². The highest BCUT2D eigenvalue weighted by Gasteiger charge is 2.32. The lowest BCUT2D eigenvalue weighted by molar-refractivity contribution is 0.111. The molecule has 0 bridgehead atoms. The van der Waals surface area contributed by atoms with E-state index in [9.17, 15) is 8.42 Å². The fourth-order valence-corrected chi connectivity index (χ4v) is 6.00. The summed E-state index contributed by atoms with van der Waals surface area (Å²) in [6.07, 6.45) is 7.89. The number of nitrogens with zero attached hydrogens (tertiary/aromatic N) is 4. The maximum Gasteiger partial charge on any atom is 0.264 e. The zero-order chi connectivity index (χ0) is 21.3. The Morgan fingerprint density at radius 1 is 0.935 bits per heavy atom. The molecule has 1 saturated heterocycles. The smallest absolute Gasteiger partial charge is 0.264 e. The number of rotatable bonds is 5. The van der Waals surface area contributed by atoms with Crippen molar-refractivity contribution in [2.45, 2.75) is 43.0 Å². The molecule has 1 saturated carbocycles. The van der Waals surface area contributed by atoms with Crippen LogP contribution in [0.1, 0.15) is 32.1 Å². The topological polar surface area (TPSA) is 95.3 Å². The van der Waals surface area contributed by atoms with Crippen LogP contribution in [0.25, 0.3) is 23.0 Å². The minimum atomic E-state index is -3.56. The monoisotopic (exact) mass is 441 g/mol. The average molecular weight is 442 g/mol. The number of piperazine rings is 1. The Labute approximate surface area is 182 Å². The van der Waals surface area contributed by atoms with Gasteiger partial charge in [-0.15, -0.1) is 10.2 Å². The van der Waals surface area contributed by atoms with Crippen molar-refractivity contribution in [3.63, 3.8) is 0 Å². The van der Waals surface area contributed by atoms with E-state index in [-0.39, 0.29) is 10.8 Å². The summed E-state index contributed by atoms with van der Waals surface area (Å²) in [6.45, 7) is 2.65. The van der Waals surface area contributed by atoms with Gasteiger partial charge in [0.15, 0.2) is 0 Å². The van der Waals surface area contributed by atoms with Crippen LogP contribution in [-0.2, 0) is 10.0 Å². The van der Waals surface area contributed by atoms with Crippen molar-refractivity contribution in [1.82, 2.24) is 24.4 Å². The standard InChI is InChI=1S/C22H27N5O3S/c28-31(29,27-13-11-26(12-14-27)18-9-5-2-6-10-18)19-15-20(23-16-19)22-25-24-21(30-22)17-7-3-1-4-8-17/h1,3-4,7-8,15-16,18,23H,2,5-6,9-14H2. The highest BCUT2D eigenvalue weighted by Crippen LogP contribution is 2.28. The average Bonchev–Trinajstić information content (AvgIpc) is 3.51. The van der Waals surface area contributed by atoms with E-state index in [2.05, 4.69) is 20.1 Å². The molecule has 2 aromatic heterocycles. The largest absolute Gasteiger partial charge is 0.415 e. The molecule has 2 aliphatic rings. The summed E-state index contributed by atoms with van der Waals surface area (Å²) >= 11 is 0. The summed E-state index contributed by atoms with van der Waals surface area (Å²) in [4.78, 5) is 5.68. The van der Waals surface area contributed by atoms with Crippen molar-refractivity contribution in [3.05, 3.63) is 42.6 Å². The highest BCUT2D eigenvalue weighted by atomic mass is 32.2. The van der Waals surface area contributed by atoms with E-state index in [1.165, 1.54) is 38.3 Å². The molecule has 9 heteroatoms. The first-order valence-corrected chi connectivity index (χ1v) is 12.4. The molecule has 31 heavy (non-hydrogen) atoms. The maximum atomic E-state index is 13.2. The quantitative estimate of drug-likeness (QED) is 0.652. The van der Waals surface area contributed by atoms with Gasteiger partial charge in [0.1, 0.15) is 10.6 Å². The van der Waals surface area contributed by atoms with Crippen molar-refractivity contribution in [3.8, 4) is 23.0 Å². The number of aromatic nitrogens is 3. The van der Waals surface area contributed by atoms with Gasteiger partial charge in [0.25, 0.3) is 5.89 Å². The Kier molecular flexibility index (Phi) is 5.64. The van der Waals surface area contributed by atoms with Crippen LogP contribution in [-0.4, -0.2) is 65.0 Å². The molecule has 2 fully saturated rings. The normalized spacial score (nSPS) is 19.6. The zero-order valence-electron chi connectivity index (χ0n) is 17.4. The summed E-state index contributed by atoms with van der Waals surface area (Å²) in [5.74, 6) is 0.663. The van der Waals surface area contributed by atoms with E-state index in [0.717, 1.165) is 18.7 Å². The van der Waals surface area contributed by atoms with E-state index in [4.69, 9.17) is 4.42 Å². The van der Waals surface area contributed by atoms with Crippen molar-refractivity contribution < 1.29 is 12.8 Å². The van der Waals surface area contributed by atoms with Gasteiger partial charge in [-0.05, 0) is 31.0 Å². The van der Waals surface area contributed by atoms with Gasteiger partial charge in [0.2, 0.25) is 15.9 Å². The summed E-state index contributed by atoms with van der Waals surface area (Å²) in [6, 6.07) is 11.7. The van der Waals surface area contributed by atoms with Crippen LogP contribution < -0.4 is 0 Å². The van der Waals surface area contributed by atoms with Crippen LogP contribution >= 0.6 is 0 Å². The van der Waals surface area contributed by atoms with Gasteiger partial charge in [-0.3, -0.25) is 4.90 Å². The van der Waals surface area contributed by atoms with E-state index in [1.807, 2.05) is 30.3 Å². The lowest BCUT2D eigenvalue weighted by Gasteiger charge is -2.40. The molecule has 164 valence electrons. The molecule has 0 unspecified atom stereocenters. The molecular weight excluding hydrogens is 414 g/mol. The summed E-state index contributed by atoms with van der Waals surface area (Å²) in [5.41, 5.74) is 1.31. The second kappa shape index (κ2) is 8.57. The van der Waals surface area contributed by atoms with E-state index in [0.29, 0.717) is 30.7 Å². The lowest BCUT2D eigenvalue weighted by Crippen LogP contribution is -2.52. The molecule has 3 heterocycles. The molecule has 8 nitrogen and oxygen atoms in total. The van der Waals surface area contributed by atoms with Gasteiger partial charge in [-0.1, -0.05) is 37.5 Å². The fourth-order valence-electron chi connectivity index (χ4n) is 4.58. The lowest BCUT2D eigenvalue weighted by atomic mass is 9.94. The Morgan fingerprint density at radius 3 is 2.39 bits per heavy atom. The number of aromatic amines is 1. The Hall–Kier alpha value is -2.49. The molecule has 5 rings (SSSR count). The predicted molar refractivity (Wildman–Crippen MR) is 117 cm³/mol. The minimum absolute atomic E-state index is 0.230. The van der Waals surface area contributed by atoms with Crippen molar-refractivity contribution >= 4 is 10.0 Å². The molecule has 1 N–H and O–H groups in total. The number of hydrogen-bond acceptors (Lipinski definition) is 6. The van der Waals surface area contributed by atoms with Crippen LogP contribution in [0, 0.1) is 0 Å². The third-order valence-electron chi connectivity index (χ3n) is 6.33. The molecule has 0 atom stereocenters. The molecule has 0 spiro atoms. The van der Waals surface area contributed by atoms with Crippen LogP contribution in [0.3, 0.4) is 0 Å². The van der Waals surface area contributed by atoms with Crippen LogP contribution in [0.5, 0.6) is 0 Å². The summed E-state index contributed by atoms with van der Waals surface area (Å²) in [7, 11) is -3.56. The number of benzene rings is 1. The molecule has 0 radical (unpaired) electrons. The fraction of sp³-hybridized carbons (Fsp3) is 0.455. The Balaban J connectivity index is 1.28. The maximum absolute atomic E-state index is 13.2. The first-order valence-electron chi connectivity index (χ1n) is 10.9. The van der Waals surface area contributed by atoms with Crippen LogP contribution in [0.2, 0.25) is 0 Å². The van der Waals surface area contributed by atoms with Gasteiger partial charge in [-0.25, -0.2) is 8.42 Å². The molecule has 1 aromatic carbocycles. The SMILES string of the molecule is O=S(=O)(c1c[nH]c(-c2nnc(-c3ccccc3)o2)c1)N1CCN(C2CCCCC2)CC1. The van der Waals surface area contributed by atoms with Crippen molar-refractivity contribution in [2.75, 3.05) is 26.2 Å². The molecule has 3 aromatic rings. The van der Waals surface area contributed by atoms with Gasteiger partial charge >= 0.3 is 0 Å². The van der Waals surface area contributed by atoms with Crippen LogP contribution in [0.15, 0.2) is 51.9 Å². The molecule has 0 amide bonds. The second-order valence-electron chi connectivity index (χ2n) is 8.26. The highest BCUT2D eigenvalue weighted by molar-refractivity contribution is 7.89. The molecular formula is C22H27N5O3S. The number of hydrogen-bond donors (Lipinski definition) is 1. The zero-order valence-corrected chi connectivity index (χ0v) is 18.2. The van der Waals surface area contributed by atoms with Crippen molar-refractivity contribution in [1.29, 1.82) is 0 Å². The Bertz CT molecular complexity index is 1110. The first kappa shape index (κ1) is 20.4. The van der Waals surface area contributed by atoms with Gasteiger partial charge in [0, 0.05) is 44.0 Å². The number of sulfonamides is 1. The molecule has 1 aliphatic heterocycles. The van der Waals surface area contributed by atoms with E-state index in [1.54, 1.807) is 10.4 Å². The third kappa shape index (κ3) is 4.17. The molecule has 1 aliphatic carbocycles. The Morgan fingerprint density at radius 2 is 1.65 bits per heavy atom.